The molecule has 0 fully saturated rings. The fourth-order valence-corrected chi connectivity index (χ4v) is 3.04. The predicted molar refractivity (Wildman–Crippen MR) is 79.3 cm³/mol. The molecule has 108 valence electrons. The van der Waals surface area contributed by atoms with Crippen LogP contribution in [0.2, 0.25) is 5.02 Å². The number of nitrogens with one attached hydrogen (secondary N) is 1. The molecule has 1 N–H and O–H groups in total. The molecule has 5 nitrogen and oxygen atoms in total. The zero-order valence-corrected chi connectivity index (χ0v) is 12.5. The second kappa shape index (κ2) is 6.68. The molecular formula is C14H12ClN3O2S. The van der Waals surface area contributed by atoms with Gasteiger partial charge in [0.25, 0.3) is 0 Å². The van der Waals surface area contributed by atoms with Gasteiger partial charge in [-0.25, -0.2) is 13.1 Å². The highest BCUT2D eigenvalue weighted by molar-refractivity contribution is 7.89. The first-order chi connectivity index (χ1) is 10.0. The van der Waals surface area contributed by atoms with E-state index in [4.69, 9.17) is 16.9 Å². The summed E-state index contributed by atoms with van der Waals surface area (Å²) < 4.78 is 26.7. The Labute approximate surface area is 128 Å². The molecule has 0 aliphatic heterocycles. The van der Waals surface area contributed by atoms with Gasteiger partial charge >= 0.3 is 0 Å². The summed E-state index contributed by atoms with van der Waals surface area (Å²) in [6.45, 7) is 0.233. The Morgan fingerprint density at radius 1 is 1.29 bits per heavy atom. The van der Waals surface area contributed by atoms with Gasteiger partial charge in [0, 0.05) is 24.9 Å². The average molecular weight is 322 g/mol. The SMILES string of the molecule is N#Cc1ccc(S(=O)(=O)NCCc2ccccn2)cc1Cl. The van der Waals surface area contributed by atoms with Crippen molar-refractivity contribution < 1.29 is 8.42 Å². The standard InChI is InChI=1S/C14H12ClN3O2S/c15-14-9-13(5-4-11(14)10-16)21(19,20)18-8-6-12-3-1-2-7-17-12/h1-5,7,9,18H,6,8H2. The van der Waals surface area contributed by atoms with Crippen molar-refractivity contribution in [1.82, 2.24) is 9.71 Å². The maximum Gasteiger partial charge on any atom is 0.240 e. The first kappa shape index (κ1) is 15.4. The van der Waals surface area contributed by atoms with E-state index in [0.717, 1.165) is 5.69 Å². The summed E-state index contributed by atoms with van der Waals surface area (Å²) in [6, 6.07) is 11.4. The van der Waals surface area contributed by atoms with E-state index < -0.39 is 10.0 Å². The summed E-state index contributed by atoms with van der Waals surface area (Å²) in [5.74, 6) is 0. The van der Waals surface area contributed by atoms with Crippen LogP contribution in [-0.2, 0) is 16.4 Å². The molecule has 21 heavy (non-hydrogen) atoms. The third-order valence-electron chi connectivity index (χ3n) is 2.77. The summed E-state index contributed by atoms with van der Waals surface area (Å²) in [7, 11) is -3.65. The van der Waals surface area contributed by atoms with E-state index in [2.05, 4.69) is 9.71 Å². The first-order valence-corrected chi connectivity index (χ1v) is 7.98. The molecule has 0 saturated carbocycles. The smallest absolute Gasteiger partial charge is 0.240 e. The van der Waals surface area contributed by atoms with Gasteiger partial charge in [0.2, 0.25) is 10.0 Å². The number of rotatable bonds is 5. The molecule has 0 amide bonds. The predicted octanol–water partition coefficient (Wildman–Crippen LogP) is 2.13. The van der Waals surface area contributed by atoms with Crippen LogP contribution < -0.4 is 4.72 Å². The van der Waals surface area contributed by atoms with Gasteiger partial charge in [-0.2, -0.15) is 5.26 Å². The van der Waals surface area contributed by atoms with Crippen LogP contribution in [0.25, 0.3) is 0 Å². The average Bonchev–Trinajstić information content (AvgIpc) is 2.48. The number of nitriles is 1. The van der Waals surface area contributed by atoms with Crippen LogP contribution in [0.1, 0.15) is 11.3 Å². The van der Waals surface area contributed by atoms with Crippen LogP contribution >= 0.6 is 11.6 Å². The van der Waals surface area contributed by atoms with E-state index in [-0.39, 0.29) is 22.0 Å². The van der Waals surface area contributed by atoms with E-state index in [1.807, 2.05) is 18.2 Å². The molecule has 0 spiro atoms. The number of benzene rings is 1. The summed E-state index contributed by atoms with van der Waals surface area (Å²) in [5, 5.41) is 8.89. The Morgan fingerprint density at radius 3 is 2.71 bits per heavy atom. The maximum atomic E-state index is 12.1. The second-order valence-electron chi connectivity index (χ2n) is 4.22. The Morgan fingerprint density at radius 2 is 2.10 bits per heavy atom. The minimum absolute atomic E-state index is 0.0347. The van der Waals surface area contributed by atoms with E-state index in [9.17, 15) is 8.42 Å². The summed E-state index contributed by atoms with van der Waals surface area (Å²) in [6.07, 6.45) is 2.15. The highest BCUT2D eigenvalue weighted by Crippen LogP contribution is 2.19. The van der Waals surface area contributed by atoms with E-state index in [0.29, 0.717) is 6.42 Å². The zero-order valence-electron chi connectivity index (χ0n) is 11.0. The Kier molecular flexibility index (Phi) is 4.91. The Hall–Kier alpha value is -1.94. The van der Waals surface area contributed by atoms with E-state index >= 15 is 0 Å². The number of aromatic nitrogens is 1. The second-order valence-corrected chi connectivity index (χ2v) is 6.40. The van der Waals surface area contributed by atoms with Crippen LogP contribution in [0.3, 0.4) is 0 Å². The molecule has 0 aliphatic rings. The van der Waals surface area contributed by atoms with Gasteiger partial charge in [0.1, 0.15) is 6.07 Å². The van der Waals surface area contributed by atoms with E-state index in [1.165, 1.54) is 18.2 Å². The molecule has 0 bridgehead atoms. The van der Waals surface area contributed by atoms with Crippen molar-refractivity contribution in [2.45, 2.75) is 11.3 Å². The number of pyridine rings is 1. The largest absolute Gasteiger partial charge is 0.261 e. The number of hydrogen-bond acceptors (Lipinski definition) is 4. The van der Waals surface area contributed by atoms with Crippen LogP contribution in [-0.4, -0.2) is 19.9 Å². The van der Waals surface area contributed by atoms with Gasteiger partial charge in [0.05, 0.1) is 15.5 Å². The Balaban J connectivity index is 2.05. The van der Waals surface area contributed by atoms with Gasteiger partial charge in [0.15, 0.2) is 0 Å². The Bertz CT molecular complexity index is 771. The number of halogens is 1. The van der Waals surface area contributed by atoms with Gasteiger partial charge in [-0.1, -0.05) is 17.7 Å². The number of sulfonamides is 1. The number of nitrogens with zero attached hydrogens (tertiary/aromatic N) is 2. The third-order valence-corrected chi connectivity index (χ3v) is 4.54. The molecule has 1 aromatic carbocycles. The fraction of sp³-hybridized carbons (Fsp3) is 0.143. The lowest BCUT2D eigenvalue weighted by Gasteiger charge is -2.07. The lowest BCUT2D eigenvalue weighted by Crippen LogP contribution is -2.26. The summed E-state index contributed by atoms with van der Waals surface area (Å²) in [5.41, 5.74) is 1.04. The molecule has 2 rings (SSSR count). The minimum atomic E-state index is -3.65. The molecule has 7 heteroatoms. The van der Waals surface area contributed by atoms with Crippen molar-refractivity contribution in [2.75, 3.05) is 6.54 Å². The minimum Gasteiger partial charge on any atom is -0.261 e. The van der Waals surface area contributed by atoms with Crippen LogP contribution in [0.4, 0.5) is 0 Å². The molecule has 1 heterocycles. The van der Waals surface area contributed by atoms with Gasteiger partial charge in [-0.15, -0.1) is 0 Å². The van der Waals surface area contributed by atoms with Crippen molar-refractivity contribution in [3.8, 4) is 6.07 Å². The molecular weight excluding hydrogens is 310 g/mol. The van der Waals surface area contributed by atoms with Crippen molar-refractivity contribution >= 4 is 21.6 Å². The summed E-state index contributed by atoms with van der Waals surface area (Å²) in [4.78, 5) is 4.15. The van der Waals surface area contributed by atoms with Gasteiger partial charge in [-0.05, 0) is 30.3 Å². The van der Waals surface area contributed by atoms with Crippen LogP contribution in [0, 0.1) is 11.3 Å². The molecule has 1 aromatic heterocycles. The quantitative estimate of drug-likeness (QED) is 0.914. The lowest BCUT2D eigenvalue weighted by atomic mass is 10.2. The van der Waals surface area contributed by atoms with Crippen molar-refractivity contribution in [3.05, 3.63) is 58.9 Å². The third kappa shape index (κ3) is 4.02. The molecule has 0 atom stereocenters. The molecule has 0 saturated heterocycles. The lowest BCUT2D eigenvalue weighted by molar-refractivity contribution is 0.581. The van der Waals surface area contributed by atoms with Crippen LogP contribution in [0.15, 0.2) is 47.5 Å². The fourth-order valence-electron chi connectivity index (χ4n) is 1.70. The molecule has 0 radical (unpaired) electrons. The first-order valence-electron chi connectivity index (χ1n) is 6.12. The van der Waals surface area contributed by atoms with Crippen molar-refractivity contribution in [2.24, 2.45) is 0 Å². The topological polar surface area (TPSA) is 82.8 Å². The van der Waals surface area contributed by atoms with Gasteiger partial charge < -0.3 is 0 Å². The van der Waals surface area contributed by atoms with Gasteiger partial charge in [-0.3, -0.25) is 4.98 Å². The molecule has 2 aromatic rings. The molecule has 0 aliphatic carbocycles. The van der Waals surface area contributed by atoms with E-state index in [1.54, 1.807) is 12.3 Å². The monoisotopic (exact) mass is 321 g/mol. The van der Waals surface area contributed by atoms with Crippen LogP contribution in [0.5, 0.6) is 0 Å². The maximum absolute atomic E-state index is 12.1. The summed E-state index contributed by atoms with van der Waals surface area (Å²) >= 11 is 5.84. The highest BCUT2D eigenvalue weighted by atomic mass is 35.5. The molecule has 0 unspecified atom stereocenters. The van der Waals surface area contributed by atoms with Crippen molar-refractivity contribution in [3.63, 3.8) is 0 Å². The highest BCUT2D eigenvalue weighted by Gasteiger charge is 2.15. The van der Waals surface area contributed by atoms with Crippen molar-refractivity contribution in [1.29, 1.82) is 5.26 Å². The zero-order chi connectivity index (χ0) is 15.3. The number of hydrogen-bond donors (Lipinski definition) is 1. The normalized spacial score (nSPS) is 11.0.